The van der Waals surface area contributed by atoms with Gasteiger partial charge >= 0.3 is 0 Å². The van der Waals surface area contributed by atoms with Gasteiger partial charge in [-0.15, -0.1) is 11.3 Å². The maximum Gasteiger partial charge on any atom is 0.223 e. The van der Waals surface area contributed by atoms with Crippen LogP contribution in [0.2, 0.25) is 0 Å². The van der Waals surface area contributed by atoms with Gasteiger partial charge in [0.15, 0.2) is 0 Å². The van der Waals surface area contributed by atoms with Crippen LogP contribution in [-0.4, -0.2) is 35.3 Å². The fourth-order valence-corrected chi connectivity index (χ4v) is 3.52. The molecule has 1 fully saturated rings. The highest BCUT2D eigenvalue weighted by molar-refractivity contribution is 7.18. The molecule has 0 aliphatic carbocycles. The second-order valence-corrected chi connectivity index (χ2v) is 6.38. The molecule has 2 atom stereocenters. The van der Waals surface area contributed by atoms with E-state index >= 15 is 0 Å². The molecule has 2 aromatic heterocycles. The zero-order valence-corrected chi connectivity index (χ0v) is 12.2. The molecule has 102 valence electrons. The maximum atomic E-state index is 5.84. The molecular formula is C13H18N4OS. The zero-order valence-electron chi connectivity index (χ0n) is 11.4. The van der Waals surface area contributed by atoms with Gasteiger partial charge < -0.3 is 15.4 Å². The molecule has 2 N–H and O–H groups in total. The Morgan fingerprint density at radius 2 is 2.00 bits per heavy atom. The fraction of sp³-hybridized carbons (Fsp3) is 0.538. The SMILES string of the molecule is Cc1cc2c(N3C[C@@H](C)O[C@@H](C)C3)nc(N)nc2s1. The van der Waals surface area contributed by atoms with Gasteiger partial charge in [-0.3, -0.25) is 0 Å². The molecule has 5 nitrogen and oxygen atoms in total. The van der Waals surface area contributed by atoms with E-state index < -0.39 is 0 Å². The van der Waals surface area contributed by atoms with Gasteiger partial charge in [-0.2, -0.15) is 4.98 Å². The van der Waals surface area contributed by atoms with Crippen LogP contribution >= 0.6 is 11.3 Å². The summed E-state index contributed by atoms with van der Waals surface area (Å²) in [5, 5.41) is 1.10. The Morgan fingerprint density at radius 1 is 1.32 bits per heavy atom. The summed E-state index contributed by atoms with van der Waals surface area (Å²) in [6, 6.07) is 2.14. The molecule has 0 saturated carbocycles. The van der Waals surface area contributed by atoms with Crippen molar-refractivity contribution in [2.45, 2.75) is 33.0 Å². The number of nitrogens with zero attached hydrogens (tertiary/aromatic N) is 3. The molecule has 0 bridgehead atoms. The molecule has 0 unspecified atom stereocenters. The smallest absolute Gasteiger partial charge is 0.223 e. The van der Waals surface area contributed by atoms with Crippen LogP contribution in [0.25, 0.3) is 10.2 Å². The number of nitrogen functional groups attached to an aromatic ring is 1. The number of morpholine rings is 1. The lowest BCUT2D eigenvalue weighted by atomic mass is 10.2. The first-order chi connectivity index (χ1) is 9.02. The van der Waals surface area contributed by atoms with E-state index in [0.717, 1.165) is 29.1 Å². The van der Waals surface area contributed by atoms with Crippen molar-refractivity contribution in [3.05, 3.63) is 10.9 Å². The van der Waals surface area contributed by atoms with Crippen LogP contribution in [-0.2, 0) is 4.74 Å². The summed E-state index contributed by atoms with van der Waals surface area (Å²) in [6.07, 6.45) is 0.407. The summed E-state index contributed by atoms with van der Waals surface area (Å²) in [7, 11) is 0. The molecule has 1 aliphatic heterocycles. The van der Waals surface area contributed by atoms with Crippen molar-refractivity contribution in [1.82, 2.24) is 9.97 Å². The highest BCUT2D eigenvalue weighted by Crippen LogP contribution is 2.32. The standard InChI is InChI=1S/C13H18N4OS/c1-7-5-17(6-8(2)18-7)11-10-4-9(3)19-12(10)16-13(14)15-11/h4,7-8H,5-6H2,1-3H3,(H2,14,15,16)/t7-,8+. The summed E-state index contributed by atoms with van der Waals surface area (Å²) in [5.41, 5.74) is 5.84. The first-order valence-electron chi connectivity index (χ1n) is 6.47. The number of hydrogen-bond donors (Lipinski definition) is 1. The molecule has 3 heterocycles. The second kappa shape index (κ2) is 4.61. The van der Waals surface area contributed by atoms with E-state index in [2.05, 4.69) is 41.7 Å². The first-order valence-corrected chi connectivity index (χ1v) is 7.28. The van der Waals surface area contributed by atoms with E-state index in [4.69, 9.17) is 10.5 Å². The third-order valence-electron chi connectivity index (χ3n) is 3.23. The van der Waals surface area contributed by atoms with E-state index in [-0.39, 0.29) is 12.2 Å². The molecule has 1 saturated heterocycles. The van der Waals surface area contributed by atoms with E-state index in [1.54, 1.807) is 11.3 Å². The van der Waals surface area contributed by atoms with Gasteiger partial charge in [0.1, 0.15) is 10.6 Å². The van der Waals surface area contributed by atoms with Gasteiger partial charge in [0, 0.05) is 18.0 Å². The Labute approximate surface area is 116 Å². The number of nitrogens with two attached hydrogens (primary N) is 1. The van der Waals surface area contributed by atoms with Crippen LogP contribution in [0.3, 0.4) is 0 Å². The first kappa shape index (κ1) is 12.6. The lowest BCUT2D eigenvalue weighted by molar-refractivity contribution is -0.00536. The van der Waals surface area contributed by atoms with E-state index in [9.17, 15) is 0 Å². The van der Waals surface area contributed by atoms with Gasteiger partial charge in [0.2, 0.25) is 5.95 Å². The Kier molecular flexibility index (Phi) is 3.06. The van der Waals surface area contributed by atoms with Gasteiger partial charge in [-0.1, -0.05) is 0 Å². The highest BCUT2D eigenvalue weighted by atomic mass is 32.1. The third-order valence-corrected chi connectivity index (χ3v) is 4.18. The normalized spacial score (nSPS) is 24.1. The van der Waals surface area contributed by atoms with Crippen LogP contribution in [0, 0.1) is 6.92 Å². The van der Waals surface area contributed by atoms with Gasteiger partial charge in [0.05, 0.1) is 17.6 Å². The number of aromatic nitrogens is 2. The molecule has 0 radical (unpaired) electrons. The van der Waals surface area contributed by atoms with Crippen LogP contribution in [0.5, 0.6) is 0 Å². The number of anilines is 2. The molecule has 0 amide bonds. The van der Waals surface area contributed by atoms with Gasteiger partial charge in [0.25, 0.3) is 0 Å². The van der Waals surface area contributed by atoms with Crippen molar-refractivity contribution in [2.24, 2.45) is 0 Å². The number of ether oxygens (including phenoxy) is 1. The largest absolute Gasteiger partial charge is 0.372 e. The second-order valence-electron chi connectivity index (χ2n) is 5.14. The molecule has 0 aromatic carbocycles. The summed E-state index contributed by atoms with van der Waals surface area (Å²) in [4.78, 5) is 13.2. The Hall–Kier alpha value is -1.40. The number of fused-ring (bicyclic) bond motifs is 1. The predicted octanol–water partition coefficient (Wildman–Crippen LogP) is 2.20. The Bertz CT molecular complexity index is 602. The fourth-order valence-electron chi connectivity index (χ4n) is 2.63. The monoisotopic (exact) mass is 278 g/mol. The molecule has 1 aliphatic rings. The molecule has 6 heteroatoms. The average Bonchev–Trinajstić information content (AvgIpc) is 2.66. The molecular weight excluding hydrogens is 260 g/mol. The van der Waals surface area contributed by atoms with Crippen LogP contribution < -0.4 is 10.6 Å². The minimum Gasteiger partial charge on any atom is -0.372 e. The van der Waals surface area contributed by atoms with E-state index in [1.807, 2.05) is 0 Å². The minimum atomic E-state index is 0.203. The molecule has 19 heavy (non-hydrogen) atoms. The van der Waals surface area contributed by atoms with Crippen molar-refractivity contribution in [2.75, 3.05) is 23.7 Å². The number of thiophene rings is 1. The summed E-state index contributed by atoms with van der Waals surface area (Å²) >= 11 is 1.66. The van der Waals surface area contributed by atoms with Gasteiger partial charge in [-0.05, 0) is 26.8 Å². The third kappa shape index (κ3) is 2.37. The van der Waals surface area contributed by atoms with Crippen LogP contribution in [0.15, 0.2) is 6.07 Å². The van der Waals surface area contributed by atoms with Crippen molar-refractivity contribution in [3.8, 4) is 0 Å². The lowest BCUT2D eigenvalue weighted by Crippen LogP contribution is -2.46. The zero-order chi connectivity index (χ0) is 13.6. The number of rotatable bonds is 1. The maximum absolute atomic E-state index is 5.84. The topological polar surface area (TPSA) is 64.3 Å². The van der Waals surface area contributed by atoms with Crippen molar-refractivity contribution in [3.63, 3.8) is 0 Å². The summed E-state index contributed by atoms with van der Waals surface area (Å²) < 4.78 is 5.77. The lowest BCUT2D eigenvalue weighted by Gasteiger charge is -2.36. The van der Waals surface area contributed by atoms with E-state index in [1.165, 1.54) is 4.88 Å². The van der Waals surface area contributed by atoms with Crippen LogP contribution in [0.4, 0.5) is 11.8 Å². The molecule has 3 rings (SSSR count). The van der Waals surface area contributed by atoms with Crippen molar-refractivity contribution >= 4 is 33.3 Å². The van der Waals surface area contributed by atoms with Crippen molar-refractivity contribution < 1.29 is 4.74 Å². The van der Waals surface area contributed by atoms with Crippen molar-refractivity contribution in [1.29, 1.82) is 0 Å². The number of hydrogen-bond acceptors (Lipinski definition) is 6. The minimum absolute atomic E-state index is 0.203. The average molecular weight is 278 g/mol. The highest BCUT2D eigenvalue weighted by Gasteiger charge is 2.25. The van der Waals surface area contributed by atoms with Gasteiger partial charge in [-0.25, -0.2) is 4.98 Å². The summed E-state index contributed by atoms with van der Waals surface area (Å²) in [6.45, 7) is 7.93. The van der Waals surface area contributed by atoms with E-state index in [0.29, 0.717) is 5.95 Å². The quantitative estimate of drug-likeness (QED) is 0.866. The Balaban J connectivity index is 2.08. The Morgan fingerprint density at radius 3 is 2.68 bits per heavy atom. The van der Waals surface area contributed by atoms with Crippen LogP contribution in [0.1, 0.15) is 18.7 Å². The number of aryl methyl sites for hydroxylation is 1. The molecule has 2 aromatic rings. The molecule has 0 spiro atoms. The summed E-state index contributed by atoms with van der Waals surface area (Å²) in [5.74, 6) is 1.28. The predicted molar refractivity (Wildman–Crippen MR) is 78.8 cm³/mol.